The predicted octanol–water partition coefficient (Wildman–Crippen LogP) is 4.49. The van der Waals surface area contributed by atoms with Crippen molar-refractivity contribution in [3.05, 3.63) is 75.8 Å². The summed E-state index contributed by atoms with van der Waals surface area (Å²) in [6.45, 7) is 0.419. The van der Waals surface area contributed by atoms with E-state index in [0.717, 1.165) is 5.56 Å². The highest BCUT2D eigenvalue weighted by molar-refractivity contribution is 8.03. The van der Waals surface area contributed by atoms with E-state index in [1.807, 2.05) is 42.5 Å². The number of para-hydroxylation sites is 1. The molecular weight excluding hydrogens is 368 g/mol. The van der Waals surface area contributed by atoms with Crippen LogP contribution in [0.5, 0.6) is 5.75 Å². The molecule has 1 amide bonds. The third-order valence-electron chi connectivity index (χ3n) is 3.98. The van der Waals surface area contributed by atoms with Crippen LogP contribution < -0.4 is 10.1 Å². The number of hydrogen-bond donors (Lipinski definition) is 1. The number of carbonyl (C=O) groups excluding carboxylic acids is 1. The van der Waals surface area contributed by atoms with Gasteiger partial charge in [0.1, 0.15) is 5.75 Å². The van der Waals surface area contributed by atoms with Gasteiger partial charge in [0.2, 0.25) is 5.91 Å². The molecular formula is C20H17ClN2O2S. The molecule has 1 aliphatic heterocycles. The highest BCUT2D eigenvalue weighted by Crippen LogP contribution is 2.35. The molecule has 6 heteroatoms. The fourth-order valence-electron chi connectivity index (χ4n) is 2.76. The Balaban J connectivity index is 1.68. The van der Waals surface area contributed by atoms with Gasteiger partial charge >= 0.3 is 0 Å². The lowest BCUT2D eigenvalue weighted by Gasteiger charge is -2.25. The number of nitrogens with one attached hydrogen (secondary N) is 1. The van der Waals surface area contributed by atoms with Crippen LogP contribution in [0.15, 0.2) is 65.2 Å². The fraction of sp³-hybridized carbons (Fsp3) is 0.200. The second-order valence-corrected chi connectivity index (χ2v) is 7.21. The number of amides is 1. The van der Waals surface area contributed by atoms with E-state index >= 15 is 0 Å². The molecule has 26 heavy (non-hydrogen) atoms. The molecule has 0 aromatic heterocycles. The zero-order chi connectivity index (χ0) is 18.4. The Morgan fingerprint density at radius 3 is 2.65 bits per heavy atom. The van der Waals surface area contributed by atoms with Crippen LogP contribution in [-0.4, -0.2) is 18.3 Å². The van der Waals surface area contributed by atoms with Gasteiger partial charge in [-0.2, -0.15) is 5.26 Å². The summed E-state index contributed by atoms with van der Waals surface area (Å²) in [5.41, 5.74) is 1.57. The van der Waals surface area contributed by atoms with Crippen molar-refractivity contribution in [1.82, 2.24) is 5.32 Å². The minimum absolute atomic E-state index is 0.0765. The first-order chi connectivity index (χ1) is 12.7. The summed E-state index contributed by atoms with van der Waals surface area (Å²) in [4.78, 5) is 12.1. The number of carbonyl (C=O) groups is 1. The average molecular weight is 385 g/mol. The van der Waals surface area contributed by atoms with E-state index in [9.17, 15) is 10.1 Å². The van der Waals surface area contributed by atoms with E-state index in [0.29, 0.717) is 33.7 Å². The fourth-order valence-corrected chi connectivity index (χ4v) is 3.85. The van der Waals surface area contributed by atoms with Crippen molar-refractivity contribution in [2.24, 2.45) is 0 Å². The molecule has 2 aromatic carbocycles. The van der Waals surface area contributed by atoms with Crippen molar-refractivity contribution >= 4 is 29.3 Å². The van der Waals surface area contributed by atoms with Crippen LogP contribution in [0.4, 0.5) is 0 Å². The van der Waals surface area contributed by atoms with Crippen LogP contribution in [-0.2, 0) is 4.79 Å². The standard InChI is InChI=1S/C20H17ClN2O2S/c21-17-8-4-5-9-18(17)25-10-11-26-20-16(13-22)15(12-19(24)23-20)14-6-2-1-3-7-14/h1-9,15H,10-12H2,(H,23,24)/t15-/m1/s1. The maximum atomic E-state index is 12.1. The van der Waals surface area contributed by atoms with Crippen molar-refractivity contribution in [2.45, 2.75) is 12.3 Å². The van der Waals surface area contributed by atoms with Crippen LogP contribution in [0.25, 0.3) is 0 Å². The van der Waals surface area contributed by atoms with Crippen LogP contribution >= 0.6 is 23.4 Å². The summed E-state index contributed by atoms with van der Waals surface area (Å²) < 4.78 is 5.66. The van der Waals surface area contributed by atoms with Gasteiger partial charge in [-0.3, -0.25) is 4.79 Å². The Kier molecular flexibility index (Phi) is 6.21. The number of nitrogens with zero attached hydrogens (tertiary/aromatic N) is 1. The third kappa shape index (κ3) is 4.40. The Morgan fingerprint density at radius 2 is 1.92 bits per heavy atom. The molecule has 132 valence electrons. The van der Waals surface area contributed by atoms with E-state index in [2.05, 4.69) is 11.4 Å². The largest absolute Gasteiger partial charge is 0.491 e. The summed E-state index contributed by atoms with van der Waals surface area (Å²) in [6.07, 6.45) is 0.285. The average Bonchev–Trinajstić information content (AvgIpc) is 2.67. The summed E-state index contributed by atoms with van der Waals surface area (Å²) >= 11 is 7.48. The normalized spacial score (nSPS) is 16.8. The SMILES string of the molecule is N#CC1=C(SCCOc2ccccc2Cl)NC(=O)C[C@@H]1c1ccccc1. The molecule has 1 N–H and O–H groups in total. The minimum Gasteiger partial charge on any atom is -0.491 e. The Morgan fingerprint density at radius 1 is 1.19 bits per heavy atom. The number of rotatable bonds is 6. The molecule has 0 saturated heterocycles. The van der Waals surface area contributed by atoms with Crippen LogP contribution in [0, 0.1) is 11.3 Å². The number of allylic oxidation sites excluding steroid dienone is 1. The van der Waals surface area contributed by atoms with Crippen molar-refractivity contribution in [3.63, 3.8) is 0 Å². The number of nitriles is 1. The van der Waals surface area contributed by atoms with Gasteiger partial charge in [0.15, 0.2) is 0 Å². The molecule has 1 atom stereocenters. The van der Waals surface area contributed by atoms with Gasteiger partial charge in [0, 0.05) is 18.1 Å². The lowest BCUT2D eigenvalue weighted by molar-refractivity contribution is -0.120. The number of thioether (sulfide) groups is 1. The lowest BCUT2D eigenvalue weighted by Crippen LogP contribution is -2.31. The van der Waals surface area contributed by atoms with Crippen molar-refractivity contribution in [1.29, 1.82) is 5.26 Å². The second-order valence-electron chi connectivity index (χ2n) is 5.70. The molecule has 0 aliphatic carbocycles. The van der Waals surface area contributed by atoms with E-state index in [1.165, 1.54) is 11.8 Å². The van der Waals surface area contributed by atoms with Gasteiger partial charge in [-0.1, -0.05) is 54.1 Å². The van der Waals surface area contributed by atoms with Crippen LogP contribution in [0.1, 0.15) is 17.9 Å². The molecule has 0 radical (unpaired) electrons. The number of benzene rings is 2. The van der Waals surface area contributed by atoms with Gasteiger partial charge in [0.25, 0.3) is 0 Å². The van der Waals surface area contributed by atoms with Crippen molar-refractivity contribution in [3.8, 4) is 11.8 Å². The zero-order valence-electron chi connectivity index (χ0n) is 13.9. The van der Waals surface area contributed by atoms with Gasteiger partial charge in [0.05, 0.1) is 28.3 Å². The number of hydrogen-bond acceptors (Lipinski definition) is 4. The Bertz CT molecular complexity index is 862. The quantitative estimate of drug-likeness (QED) is 0.745. The molecule has 1 heterocycles. The smallest absolute Gasteiger partial charge is 0.225 e. The highest BCUT2D eigenvalue weighted by Gasteiger charge is 2.29. The molecule has 0 spiro atoms. The van der Waals surface area contributed by atoms with Gasteiger partial charge in [-0.15, -0.1) is 11.8 Å². The molecule has 2 aromatic rings. The number of halogens is 1. The van der Waals surface area contributed by atoms with Crippen molar-refractivity contribution in [2.75, 3.05) is 12.4 Å². The minimum atomic E-state index is -0.207. The molecule has 0 saturated carbocycles. The molecule has 0 unspecified atom stereocenters. The van der Waals surface area contributed by atoms with E-state index in [1.54, 1.807) is 12.1 Å². The Labute approximate surface area is 161 Å². The van der Waals surface area contributed by atoms with Crippen LogP contribution in [0.2, 0.25) is 5.02 Å². The van der Waals surface area contributed by atoms with Crippen molar-refractivity contribution < 1.29 is 9.53 Å². The van der Waals surface area contributed by atoms with Gasteiger partial charge in [-0.25, -0.2) is 0 Å². The summed E-state index contributed by atoms with van der Waals surface area (Å²) in [6, 6.07) is 19.2. The lowest BCUT2D eigenvalue weighted by atomic mass is 9.87. The topological polar surface area (TPSA) is 62.1 Å². The maximum absolute atomic E-state index is 12.1. The van der Waals surface area contributed by atoms with Crippen LogP contribution in [0.3, 0.4) is 0 Å². The molecule has 1 aliphatic rings. The van der Waals surface area contributed by atoms with E-state index in [-0.39, 0.29) is 18.2 Å². The first kappa shape index (κ1) is 18.4. The Hall–Kier alpha value is -2.42. The maximum Gasteiger partial charge on any atom is 0.225 e. The summed E-state index contributed by atoms with van der Waals surface area (Å²) in [7, 11) is 0. The second kappa shape index (κ2) is 8.79. The molecule has 0 fully saturated rings. The predicted molar refractivity (Wildman–Crippen MR) is 104 cm³/mol. The molecule has 0 bridgehead atoms. The van der Waals surface area contributed by atoms with E-state index < -0.39 is 0 Å². The first-order valence-electron chi connectivity index (χ1n) is 8.18. The monoisotopic (exact) mass is 384 g/mol. The zero-order valence-corrected chi connectivity index (χ0v) is 15.5. The highest BCUT2D eigenvalue weighted by atomic mass is 35.5. The molecule has 3 rings (SSSR count). The first-order valence-corrected chi connectivity index (χ1v) is 9.54. The van der Waals surface area contributed by atoms with Gasteiger partial charge < -0.3 is 10.1 Å². The third-order valence-corrected chi connectivity index (χ3v) is 5.28. The van der Waals surface area contributed by atoms with E-state index in [4.69, 9.17) is 16.3 Å². The molecule has 4 nitrogen and oxygen atoms in total. The summed E-state index contributed by atoms with van der Waals surface area (Å²) in [5.74, 6) is 0.932. The van der Waals surface area contributed by atoms with Gasteiger partial charge in [-0.05, 0) is 17.7 Å². The summed E-state index contributed by atoms with van der Waals surface area (Å²) in [5, 5.41) is 13.6. The number of ether oxygens (including phenoxy) is 1.